The van der Waals surface area contributed by atoms with Crippen LogP contribution in [0.25, 0.3) is 0 Å². The largest absolute Gasteiger partial charge is 0.350 e. The minimum atomic E-state index is -0.619. The average molecular weight is 453 g/mol. The zero-order valence-corrected chi connectivity index (χ0v) is 18.1. The van der Waals surface area contributed by atoms with Gasteiger partial charge in [0.1, 0.15) is 16.4 Å². The molecule has 4 rings (SSSR count). The number of hydrogen-bond acceptors (Lipinski definition) is 4. The zero-order valence-electron chi connectivity index (χ0n) is 16.6. The van der Waals surface area contributed by atoms with Gasteiger partial charge in [-0.1, -0.05) is 66.7 Å². The number of carbonyl (C=O) groups is 2. The maximum Gasteiger partial charge on any atom is 0.283 e. The van der Waals surface area contributed by atoms with Crippen molar-refractivity contribution in [3.05, 3.63) is 99.8 Å². The van der Waals surface area contributed by atoms with Crippen LogP contribution in [-0.4, -0.2) is 11.8 Å². The molecule has 3 aromatic carbocycles. The summed E-state index contributed by atoms with van der Waals surface area (Å²) in [7, 11) is 0. The lowest BCUT2D eigenvalue weighted by molar-refractivity contribution is -0.120. The topological polar surface area (TPSA) is 49.4 Å². The molecule has 0 unspecified atom stereocenters. The molecule has 3 aromatic rings. The molecular formula is C24H18ClFN2O2S. The number of thioether (sulfide) groups is 1. The van der Waals surface area contributed by atoms with Gasteiger partial charge in [-0.25, -0.2) is 9.29 Å². The van der Waals surface area contributed by atoms with E-state index in [1.165, 1.54) is 23.9 Å². The van der Waals surface area contributed by atoms with Crippen molar-refractivity contribution >= 4 is 46.6 Å². The highest BCUT2D eigenvalue weighted by molar-refractivity contribution is 8.04. The lowest BCUT2D eigenvalue weighted by atomic mass is 10.1. The summed E-state index contributed by atoms with van der Waals surface area (Å²) in [5, 5.41) is 3.02. The molecule has 0 radical (unpaired) electrons. The zero-order chi connectivity index (χ0) is 22.0. The normalized spacial score (nSPS) is 13.8. The first-order valence-corrected chi connectivity index (χ1v) is 10.8. The van der Waals surface area contributed by atoms with Gasteiger partial charge in [-0.05, 0) is 48.4 Å². The fraction of sp³-hybridized carbons (Fsp3) is 0.0833. The van der Waals surface area contributed by atoms with Crippen molar-refractivity contribution in [3.63, 3.8) is 0 Å². The molecule has 1 aliphatic heterocycles. The first-order chi connectivity index (χ1) is 15.0. The molecule has 0 saturated heterocycles. The third-order valence-corrected chi connectivity index (χ3v) is 6.20. The molecule has 0 fully saturated rings. The van der Waals surface area contributed by atoms with E-state index in [1.807, 2.05) is 61.5 Å². The van der Waals surface area contributed by atoms with Crippen LogP contribution < -0.4 is 10.2 Å². The van der Waals surface area contributed by atoms with Crippen LogP contribution in [0.4, 0.5) is 15.8 Å². The smallest absolute Gasteiger partial charge is 0.283 e. The van der Waals surface area contributed by atoms with E-state index in [1.54, 1.807) is 0 Å². The molecule has 0 spiro atoms. The quantitative estimate of drug-likeness (QED) is 0.464. The molecule has 1 aliphatic rings. The Bertz CT molecular complexity index is 1200. The number of aryl methyl sites for hydroxylation is 1. The molecule has 4 nitrogen and oxygen atoms in total. The summed E-state index contributed by atoms with van der Waals surface area (Å²) in [6.07, 6.45) is 0.761. The molecule has 2 amide bonds. The molecule has 0 aliphatic carbocycles. The van der Waals surface area contributed by atoms with Gasteiger partial charge >= 0.3 is 0 Å². The highest BCUT2D eigenvalue weighted by atomic mass is 35.5. The van der Waals surface area contributed by atoms with E-state index in [9.17, 15) is 14.0 Å². The van der Waals surface area contributed by atoms with Crippen molar-refractivity contribution in [2.45, 2.75) is 18.2 Å². The minimum Gasteiger partial charge on any atom is -0.350 e. The molecule has 0 saturated carbocycles. The standard InChI is InChI=1S/C24H18ClFN2O2S/c1-2-15-8-6-7-11-20(15)27-21-22(31-17-9-4-3-5-10-17)24(30)28(23(21)29)16-12-13-19(26)18(25)14-16/h3-14,27H,2H2,1H3. The number of amides is 2. The number of carbonyl (C=O) groups excluding carboxylic acids is 2. The Kier molecular flexibility index (Phi) is 6.11. The van der Waals surface area contributed by atoms with E-state index in [4.69, 9.17) is 11.6 Å². The maximum absolute atomic E-state index is 13.6. The number of nitrogens with one attached hydrogen (secondary N) is 1. The number of nitrogens with zero attached hydrogens (tertiary/aromatic N) is 1. The second-order valence-electron chi connectivity index (χ2n) is 6.80. The number of anilines is 2. The van der Waals surface area contributed by atoms with Gasteiger partial charge in [0.15, 0.2) is 0 Å². The SMILES string of the molecule is CCc1ccccc1NC1=C(Sc2ccccc2)C(=O)N(c2ccc(F)c(Cl)c2)C1=O. The molecule has 0 atom stereocenters. The van der Waals surface area contributed by atoms with Gasteiger partial charge in [0.25, 0.3) is 11.8 Å². The van der Waals surface area contributed by atoms with Crippen LogP contribution in [0.15, 0.2) is 88.3 Å². The van der Waals surface area contributed by atoms with Gasteiger partial charge in [-0.3, -0.25) is 9.59 Å². The number of rotatable bonds is 6. The highest BCUT2D eigenvalue weighted by Gasteiger charge is 2.40. The van der Waals surface area contributed by atoms with Crippen molar-refractivity contribution in [2.24, 2.45) is 0 Å². The van der Waals surface area contributed by atoms with E-state index >= 15 is 0 Å². The lowest BCUT2D eigenvalue weighted by Gasteiger charge is -2.16. The number of benzene rings is 3. The first kappa shape index (κ1) is 21.2. The van der Waals surface area contributed by atoms with E-state index in [2.05, 4.69) is 5.32 Å². The Balaban J connectivity index is 1.77. The van der Waals surface area contributed by atoms with Gasteiger partial charge in [0.05, 0.1) is 10.7 Å². The monoisotopic (exact) mass is 452 g/mol. The van der Waals surface area contributed by atoms with E-state index in [0.717, 1.165) is 33.5 Å². The van der Waals surface area contributed by atoms with Crippen molar-refractivity contribution < 1.29 is 14.0 Å². The minimum absolute atomic E-state index is 0.159. The van der Waals surface area contributed by atoms with Crippen LogP contribution in [0.1, 0.15) is 12.5 Å². The van der Waals surface area contributed by atoms with Crippen LogP contribution in [0.5, 0.6) is 0 Å². The molecular weight excluding hydrogens is 435 g/mol. The maximum atomic E-state index is 13.6. The Labute approximate surface area is 188 Å². The molecule has 1 heterocycles. The summed E-state index contributed by atoms with van der Waals surface area (Å²) in [6, 6.07) is 20.7. The van der Waals surface area contributed by atoms with Crippen LogP contribution in [0.2, 0.25) is 5.02 Å². The summed E-state index contributed by atoms with van der Waals surface area (Å²) in [4.78, 5) is 28.8. The Morgan fingerprint density at radius 2 is 1.68 bits per heavy atom. The fourth-order valence-corrected chi connectivity index (χ4v) is 4.39. The second kappa shape index (κ2) is 8.96. The predicted octanol–water partition coefficient (Wildman–Crippen LogP) is 6.03. The predicted molar refractivity (Wildman–Crippen MR) is 123 cm³/mol. The number of para-hydroxylation sites is 1. The summed E-state index contributed by atoms with van der Waals surface area (Å²) in [5.74, 6) is -1.62. The van der Waals surface area contributed by atoms with Gasteiger partial charge in [0.2, 0.25) is 0 Å². The Morgan fingerprint density at radius 3 is 2.39 bits per heavy atom. The number of halogens is 2. The van der Waals surface area contributed by atoms with Crippen molar-refractivity contribution in [2.75, 3.05) is 10.2 Å². The average Bonchev–Trinajstić information content (AvgIpc) is 3.01. The fourth-order valence-electron chi connectivity index (χ4n) is 3.26. The molecule has 7 heteroatoms. The summed E-state index contributed by atoms with van der Waals surface area (Å²) in [5.41, 5.74) is 2.17. The van der Waals surface area contributed by atoms with Crippen LogP contribution in [0, 0.1) is 5.82 Å². The molecule has 1 N–H and O–H groups in total. The molecule has 156 valence electrons. The lowest BCUT2D eigenvalue weighted by Crippen LogP contribution is -2.32. The van der Waals surface area contributed by atoms with Crippen LogP contribution in [0.3, 0.4) is 0 Å². The van der Waals surface area contributed by atoms with Crippen LogP contribution >= 0.6 is 23.4 Å². The summed E-state index contributed by atoms with van der Waals surface area (Å²) in [6.45, 7) is 2.02. The third-order valence-electron chi connectivity index (χ3n) is 4.82. The van der Waals surface area contributed by atoms with Crippen molar-refractivity contribution in [1.82, 2.24) is 0 Å². The van der Waals surface area contributed by atoms with Crippen LogP contribution in [-0.2, 0) is 16.0 Å². The number of hydrogen-bond donors (Lipinski definition) is 1. The van der Waals surface area contributed by atoms with E-state index in [0.29, 0.717) is 0 Å². The van der Waals surface area contributed by atoms with Crippen molar-refractivity contribution in [1.29, 1.82) is 0 Å². The molecule has 0 aromatic heterocycles. The van der Waals surface area contributed by atoms with Gasteiger partial charge in [0, 0.05) is 10.6 Å². The van der Waals surface area contributed by atoms with Gasteiger partial charge in [-0.15, -0.1) is 0 Å². The van der Waals surface area contributed by atoms with Gasteiger partial charge in [-0.2, -0.15) is 0 Å². The number of imide groups is 1. The van der Waals surface area contributed by atoms with Crippen molar-refractivity contribution in [3.8, 4) is 0 Å². The highest BCUT2D eigenvalue weighted by Crippen LogP contribution is 2.38. The Morgan fingerprint density at radius 1 is 0.968 bits per heavy atom. The summed E-state index contributed by atoms with van der Waals surface area (Å²) >= 11 is 7.11. The first-order valence-electron chi connectivity index (χ1n) is 9.65. The van der Waals surface area contributed by atoms with E-state index in [-0.39, 0.29) is 21.3 Å². The third kappa shape index (κ3) is 4.22. The second-order valence-corrected chi connectivity index (χ2v) is 8.29. The Hall–Kier alpha value is -3.09. The molecule has 31 heavy (non-hydrogen) atoms. The molecule has 0 bridgehead atoms. The van der Waals surface area contributed by atoms with E-state index < -0.39 is 17.6 Å². The summed E-state index contributed by atoms with van der Waals surface area (Å²) < 4.78 is 13.6. The van der Waals surface area contributed by atoms with Gasteiger partial charge < -0.3 is 5.32 Å².